The summed E-state index contributed by atoms with van der Waals surface area (Å²) >= 11 is 3.48. The van der Waals surface area contributed by atoms with Crippen LogP contribution in [0.25, 0.3) is 0 Å². The number of nitrogens with zero attached hydrogens (tertiary/aromatic N) is 2. The van der Waals surface area contributed by atoms with E-state index in [-0.39, 0.29) is 17.1 Å². The molecule has 6 rings (SSSR count). The lowest BCUT2D eigenvalue weighted by Crippen LogP contribution is -2.46. The number of ether oxygens (including phenoxy) is 3. The lowest BCUT2D eigenvalue weighted by Gasteiger charge is -2.42. The molecule has 2 heterocycles. The second kappa shape index (κ2) is 10.6. The number of carbonyl (C=O) groups is 2. The van der Waals surface area contributed by atoms with Crippen molar-refractivity contribution in [2.24, 2.45) is 0 Å². The lowest BCUT2D eigenvalue weighted by atomic mass is 9.93. The van der Waals surface area contributed by atoms with Gasteiger partial charge < -0.3 is 14.2 Å². The van der Waals surface area contributed by atoms with E-state index in [1.54, 1.807) is 24.3 Å². The lowest BCUT2D eigenvalue weighted by molar-refractivity contribution is -0.214. The topological polar surface area (TPSA) is 79.7 Å². The van der Waals surface area contributed by atoms with Crippen molar-refractivity contribution in [2.75, 3.05) is 7.11 Å². The second-order valence-electron chi connectivity index (χ2n) is 9.12. The van der Waals surface area contributed by atoms with Crippen LogP contribution >= 0.6 is 15.9 Å². The van der Waals surface area contributed by atoms with Crippen LogP contribution < -0.4 is 4.74 Å². The van der Waals surface area contributed by atoms with Crippen molar-refractivity contribution in [1.82, 2.24) is 9.78 Å². The minimum absolute atomic E-state index is 0.000279. The molecular weight excluding hydrogens is 572 g/mol. The standard InChI is InChI=1S/C32H23BrN2O5/c1-38-30(37)27-26(28(36)21-11-5-2-6-12-21)29-35(34-27)32(23-13-7-3-8-14-23,24-15-9-4-10-16-24)40-31(39-29)22-17-19-25(33)20-18-22/h2-20,31H,1H3/t31-/m0/s1. The number of carbonyl (C=O) groups excluding carboxylic acids is 2. The van der Waals surface area contributed by atoms with Crippen molar-refractivity contribution < 1.29 is 23.8 Å². The molecular formula is C32H23BrN2O5. The van der Waals surface area contributed by atoms with Crippen molar-refractivity contribution in [2.45, 2.75) is 12.0 Å². The summed E-state index contributed by atoms with van der Waals surface area (Å²) in [5.74, 6) is -1.09. The largest absolute Gasteiger partial charge is 0.464 e. The Labute approximate surface area is 239 Å². The van der Waals surface area contributed by atoms with E-state index in [1.807, 2.05) is 91.0 Å². The average molecular weight is 595 g/mol. The van der Waals surface area contributed by atoms with Crippen molar-refractivity contribution in [1.29, 1.82) is 0 Å². The molecule has 1 aromatic heterocycles. The first-order valence-corrected chi connectivity index (χ1v) is 13.3. The van der Waals surface area contributed by atoms with Crippen LogP contribution in [-0.4, -0.2) is 28.6 Å². The Hall–Kier alpha value is -4.53. The predicted octanol–water partition coefficient (Wildman–Crippen LogP) is 6.52. The van der Waals surface area contributed by atoms with Crippen molar-refractivity contribution in [3.05, 3.63) is 153 Å². The minimum atomic E-state index is -1.40. The van der Waals surface area contributed by atoms with Gasteiger partial charge in [0.1, 0.15) is 5.56 Å². The third-order valence-corrected chi connectivity index (χ3v) is 7.28. The summed E-state index contributed by atoms with van der Waals surface area (Å²) in [5.41, 5.74) is 0.984. The van der Waals surface area contributed by atoms with E-state index in [0.717, 1.165) is 15.6 Å². The van der Waals surface area contributed by atoms with Gasteiger partial charge in [0.05, 0.1) is 7.11 Å². The van der Waals surface area contributed by atoms with Gasteiger partial charge in [-0.1, -0.05) is 119 Å². The van der Waals surface area contributed by atoms with Gasteiger partial charge in [-0.25, -0.2) is 4.79 Å². The molecule has 0 aliphatic carbocycles. The van der Waals surface area contributed by atoms with Gasteiger partial charge in [-0.2, -0.15) is 9.78 Å². The van der Waals surface area contributed by atoms with Crippen molar-refractivity contribution in [3.8, 4) is 5.88 Å². The number of ketones is 1. The summed E-state index contributed by atoms with van der Waals surface area (Å²) in [5, 5.41) is 4.68. The number of rotatable bonds is 6. The summed E-state index contributed by atoms with van der Waals surface area (Å²) in [6, 6.07) is 35.3. The number of aromatic nitrogens is 2. The highest BCUT2D eigenvalue weighted by Crippen LogP contribution is 2.48. The zero-order valence-electron chi connectivity index (χ0n) is 21.4. The fourth-order valence-electron chi connectivity index (χ4n) is 4.86. The van der Waals surface area contributed by atoms with Crippen LogP contribution in [0.5, 0.6) is 5.88 Å². The van der Waals surface area contributed by atoms with Crippen LogP contribution in [0.1, 0.15) is 49.4 Å². The first-order valence-electron chi connectivity index (χ1n) is 12.6. The average Bonchev–Trinajstić information content (AvgIpc) is 3.41. The van der Waals surface area contributed by atoms with E-state index >= 15 is 0 Å². The van der Waals surface area contributed by atoms with Gasteiger partial charge in [-0.05, 0) is 12.1 Å². The third kappa shape index (κ3) is 4.31. The van der Waals surface area contributed by atoms with Gasteiger partial charge in [0.25, 0.3) is 0 Å². The quantitative estimate of drug-likeness (QED) is 0.164. The molecule has 0 N–H and O–H groups in total. The smallest absolute Gasteiger partial charge is 0.359 e. The molecule has 1 aliphatic rings. The van der Waals surface area contributed by atoms with Crippen LogP contribution in [0.4, 0.5) is 0 Å². The Morgan fingerprint density at radius 1 is 0.825 bits per heavy atom. The van der Waals surface area contributed by atoms with Crippen LogP contribution in [-0.2, 0) is 15.2 Å². The molecule has 4 aromatic carbocycles. The molecule has 7 nitrogen and oxygen atoms in total. The van der Waals surface area contributed by atoms with Crippen molar-refractivity contribution >= 4 is 27.7 Å². The molecule has 198 valence electrons. The molecule has 0 radical (unpaired) electrons. The third-order valence-electron chi connectivity index (χ3n) is 6.75. The number of benzene rings is 4. The molecule has 0 amide bonds. The predicted molar refractivity (Wildman–Crippen MR) is 151 cm³/mol. The maximum Gasteiger partial charge on any atom is 0.359 e. The first-order chi connectivity index (χ1) is 19.5. The first kappa shape index (κ1) is 25.7. The highest BCUT2D eigenvalue weighted by Gasteiger charge is 2.50. The molecule has 1 aliphatic heterocycles. The Kier molecular flexibility index (Phi) is 6.79. The zero-order valence-corrected chi connectivity index (χ0v) is 22.9. The molecule has 5 aromatic rings. The van der Waals surface area contributed by atoms with E-state index in [0.29, 0.717) is 11.1 Å². The summed E-state index contributed by atoms with van der Waals surface area (Å²) < 4.78 is 20.8. The van der Waals surface area contributed by atoms with Gasteiger partial charge >= 0.3 is 5.97 Å². The molecule has 0 bridgehead atoms. The van der Waals surface area contributed by atoms with E-state index in [4.69, 9.17) is 14.2 Å². The normalized spacial score (nSPS) is 15.5. The number of esters is 1. The highest BCUT2D eigenvalue weighted by atomic mass is 79.9. The maximum absolute atomic E-state index is 14.0. The van der Waals surface area contributed by atoms with E-state index in [1.165, 1.54) is 11.8 Å². The second-order valence-corrected chi connectivity index (χ2v) is 10.0. The van der Waals surface area contributed by atoms with Crippen molar-refractivity contribution in [3.63, 3.8) is 0 Å². The monoisotopic (exact) mass is 594 g/mol. The zero-order chi connectivity index (χ0) is 27.7. The highest BCUT2D eigenvalue weighted by molar-refractivity contribution is 9.10. The molecule has 0 unspecified atom stereocenters. The van der Waals surface area contributed by atoms with Gasteiger partial charge in [0.2, 0.25) is 23.7 Å². The SMILES string of the molecule is COC(=O)c1nn2c(c1C(=O)c1ccccc1)O[C@H](c1ccc(Br)cc1)OC2(c1ccccc1)c1ccccc1. The molecule has 0 spiro atoms. The van der Waals surface area contributed by atoms with E-state index < -0.39 is 23.8 Å². The minimum Gasteiger partial charge on any atom is -0.464 e. The Balaban J connectivity index is 1.69. The van der Waals surface area contributed by atoms with Gasteiger partial charge in [0, 0.05) is 26.7 Å². The van der Waals surface area contributed by atoms with Gasteiger partial charge in [-0.15, -0.1) is 0 Å². The summed E-state index contributed by atoms with van der Waals surface area (Å²) in [6.45, 7) is 0. The van der Waals surface area contributed by atoms with Crippen LogP contribution in [0.2, 0.25) is 0 Å². The van der Waals surface area contributed by atoms with Crippen LogP contribution in [0.15, 0.2) is 120 Å². The molecule has 0 saturated heterocycles. The summed E-state index contributed by atoms with van der Waals surface area (Å²) in [7, 11) is 1.25. The van der Waals surface area contributed by atoms with Crippen LogP contribution in [0, 0.1) is 0 Å². The molecule has 0 fully saturated rings. The van der Waals surface area contributed by atoms with E-state index in [9.17, 15) is 9.59 Å². The number of hydrogen-bond acceptors (Lipinski definition) is 6. The number of hydrogen-bond donors (Lipinski definition) is 0. The van der Waals surface area contributed by atoms with Gasteiger partial charge in [0.15, 0.2) is 5.69 Å². The summed E-state index contributed by atoms with van der Waals surface area (Å²) in [6.07, 6.45) is -0.953. The summed E-state index contributed by atoms with van der Waals surface area (Å²) in [4.78, 5) is 27.1. The fourth-order valence-corrected chi connectivity index (χ4v) is 5.13. The molecule has 8 heteroatoms. The Morgan fingerprint density at radius 2 is 1.38 bits per heavy atom. The molecule has 40 heavy (non-hydrogen) atoms. The number of halogens is 1. The van der Waals surface area contributed by atoms with Gasteiger partial charge in [-0.3, -0.25) is 4.79 Å². The maximum atomic E-state index is 14.0. The Bertz CT molecular complexity index is 1630. The molecule has 1 atom stereocenters. The van der Waals surface area contributed by atoms with Crippen LogP contribution in [0.3, 0.4) is 0 Å². The number of fused-ring (bicyclic) bond motifs is 1. The fraction of sp³-hybridized carbons (Fsp3) is 0.0938. The molecule has 0 saturated carbocycles. The number of methoxy groups -OCH3 is 1. The van der Waals surface area contributed by atoms with E-state index in [2.05, 4.69) is 21.0 Å². The Morgan fingerprint density at radius 3 is 1.93 bits per heavy atom.